The van der Waals surface area contributed by atoms with Crippen molar-refractivity contribution >= 4 is 40.2 Å². The fraction of sp³-hybridized carbons (Fsp3) is 0. The third-order valence-corrected chi connectivity index (χ3v) is 2.99. The number of hydrogen-bond donors (Lipinski definition) is 0. The third kappa shape index (κ3) is 2.22. The summed E-state index contributed by atoms with van der Waals surface area (Å²) < 4.78 is 6.10. The van der Waals surface area contributed by atoms with E-state index in [4.69, 9.17) is 16.0 Å². The zero-order valence-corrected chi connectivity index (χ0v) is 10.8. The summed E-state index contributed by atoms with van der Waals surface area (Å²) in [5.74, 6) is -1.13. The van der Waals surface area contributed by atoms with E-state index in [1.54, 1.807) is 18.2 Å². The first-order chi connectivity index (χ1) is 7.58. The molecule has 0 aliphatic rings. The molecule has 16 heavy (non-hydrogen) atoms. The van der Waals surface area contributed by atoms with E-state index in [-0.39, 0.29) is 5.76 Å². The van der Waals surface area contributed by atoms with E-state index in [9.17, 15) is 9.90 Å². The summed E-state index contributed by atoms with van der Waals surface area (Å²) in [6.07, 6.45) is 0. The van der Waals surface area contributed by atoms with Gasteiger partial charge in [0.1, 0.15) is 17.5 Å². The molecule has 1 heterocycles. The van der Waals surface area contributed by atoms with E-state index in [2.05, 4.69) is 22.6 Å². The maximum atomic E-state index is 10.5. The van der Waals surface area contributed by atoms with Gasteiger partial charge in [0, 0.05) is 9.13 Å². The second-order valence-corrected chi connectivity index (χ2v) is 4.73. The van der Waals surface area contributed by atoms with Crippen LogP contribution in [-0.2, 0) is 0 Å². The van der Waals surface area contributed by atoms with E-state index < -0.39 is 5.97 Å². The Morgan fingerprint density at radius 3 is 2.62 bits per heavy atom. The van der Waals surface area contributed by atoms with Crippen molar-refractivity contribution in [2.45, 2.75) is 0 Å². The van der Waals surface area contributed by atoms with Crippen molar-refractivity contribution in [2.24, 2.45) is 0 Å². The lowest BCUT2D eigenvalue weighted by atomic mass is 10.2. The maximum Gasteiger partial charge on any atom is 0.150 e. The zero-order valence-electron chi connectivity index (χ0n) is 7.87. The summed E-state index contributed by atoms with van der Waals surface area (Å²) in [5.41, 5.74) is 0.662. The summed E-state index contributed by atoms with van der Waals surface area (Å²) in [5, 5.41) is 11.1. The third-order valence-electron chi connectivity index (χ3n) is 2.00. The number of carbonyl (C=O) groups excluding carboxylic acids is 1. The molecule has 0 saturated heterocycles. The Balaban J connectivity index is 2.46. The van der Waals surface area contributed by atoms with E-state index in [0.29, 0.717) is 16.3 Å². The minimum Gasteiger partial charge on any atom is -0.542 e. The Bertz CT molecular complexity index is 548. The molecular formula is C11H5ClIO3-. The number of hydrogen-bond acceptors (Lipinski definition) is 3. The van der Waals surface area contributed by atoms with Crippen LogP contribution in [0.4, 0.5) is 0 Å². The van der Waals surface area contributed by atoms with Gasteiger partial charge < -0.3 is 14.3 Å². The SMILES string of the molecule is O=C([O-])c1ccc(-c2ccc(I)cc2Cl)o1. The van der Waals surface area contributed by atoms with Gasteiger partial charge in [0.2, 0.25) is 0 Å². The lowest BCUT2D eigenvalue weighted by Gasteiger charge is -2.01. The highest BCUT2D eigenvalue weighted by Gasteiger charge is 2.09. The minimum absolute atomic E-state index is 0.204. The molecule has 0 spiro atoms. The zero-order chi connectivity index (χ0) is 11.7. The predicted molar refractivity (Wildman–Crippen MR) is 66.2 cm³/mol. The lowest BCUT2D eigenvalue weighted by molar-refractivity contribution is -0.257. The van der Waals surface area contributed by atoms with E-state index in [1.807, 2.05) is 6.07 Å². The van der Waals surface area contributed by atoms with Crippen molar-refractivity contribution in [1.82, 2.24) is 0 Å². The van der Waals surface area contributed by atoms with Crippen molar-refractivity contribution in [3.8, 4) is 11.3 Å². The van der Waals surface area contributed by atoms with Crippen molar-refractivity contribution < 1.29 is 14.3 Å². The van der Waals surface area contributed by atoms with Crippen LogP contribution in [0.15, 0.2) is 34.7 Å². The van der Waals surface area contributed by atoms with Gasteiger partial charge in [0.05, 0.1) is 5.02 Å². The van der Waals surface area contributed by atoms with Crippen molar-refractivity contribution in [2.75, 3.05) is 0 Å². The van der Waals surface area contributed by atoms with E-state index >= 15 is 0 Å². The molecule has 82 valence electrons. The standard InChI is InChI=1S/C11H6ClIO3/c12-8-5-6(13)1-2-7(8)9-3-4-10(16-9)11(14)15/h1-5H,(H,14,15)/p-1. The summed E-state index contributed by atoms with van der Waals surface area (Å²) in [4.78, 5) is 10.5. The van der Waals surface area contributed by atoms with Gasteiger partial charge >= 0.3 is 0 Å². The van der Waals surface area contributed by atoms with Crippen LogP contribution in [0.2, 0.25) is 5.02 Å². The molecule has 0 aliphatic heterocycles. The largest absolute Gasteiger partial charge is 0.542 e. The molecule has 2 rings (SSSR count). The average molecular weight is 348 g/mol. The normalized spacial score (nSPS) is 10.4. The molecule has 3 nitrogen and oxygen atoms in total. The van der Waals surface area contributed by atoms with Crippen LogP contribution in [0.1, 0.15) is 10.6 Å². The fourth-order valence-corrected chi connectivity index (χ4v) is 2.23. The summed E-state index contributed by atoms with van der Waals surface area (Å²) in [6.45, 7) is 0. The average Bonchev–Trinajstić information content (AvgIpc) is 2.66. The van der Waals surface area contributed by atoms with Gasteiger partial charge in [-0.05, 0) is 52.9 Å². The van der Waals surface area contributed by atoms with Crippen LogP contribution in [0.5, 0.6) is 0 Å². The number of carboxylic acid groups (broad SMARTS) is 1. The van der Waals surface area contributed by atoms with Gasteiger partial charge in [0.25, 0.3) is 0 Å². The number of rotatable bonds is 2. The van der Waals surface area contributed by atoms with E-state index in [0.717, 1.165) is 3.57 Å². The summed E-state index contributed by atoms with van der Waals surface area (Å²) >= 11 is 8.16. The highest BCUT2D eigenvalue weighted by Crippen LogP contribution is 2.30. The van der Waals surface area contributed by atoms with Crippen LogP contribution in [0, 0.1) is 3.57 Å². The Kier molecular flexibility index (Phi) is 3.20. The second-order valence-electron chi connectivity index (χ2n) is 3.08. The van der Waals surface area contributed by atoms with Gasteiger partial charge in [-0.15, -0.1) is 0 Å². The minimum atomic E-state index is -1.34. The highest BCUT2D eigenvalue weighted by atomic mass is 127. The molecule has 0 unspecified atom stereocenters. The van der Waals surface area contributed by atoms with Gasteiger partial charge in [-0.1, -0.05) is 11.6 Å². The van der Waals surface area contributed by atoms with Crippen LogP contribution in [0.3, 0.4) is 0 Å². The molecule has 0 amide bonds. The summed E-state index contributed by atoms with van der Waals surface area (Å²) in [7, 11) is 0. The van der Waals surface area contributed by atoms with E-state index in [1.165, 1.54) is 6.07 Å². The van der Waals surface area contributed by atoms with Gasteiger partial charge in [0.15, 0.2) is 0 Å². The van der Waals surface area contributed by atoms with Crippen LogP contribution < -0.4 is 5.11 Å². The molecule has 1 aromatic heterocycles. The highest BCUT2D eigenvalue weighted by molar-refractivity contribution is 14.1. The number of carbonyl (C=O) groups is 1. The van der Waals surface area contributed by atoms with Crippen LogP contribution >= 0.6 is 34.2 Å². The smallest absolute Gasteiger partial charge is 0.150 e. The van der Waals surface area contributed by atoms with Crippen molar-refractivity contribution in [3.63, 3.8) is 0 Å². The summed E-state index contributed by atoms with van der Waals surface area (Å²) in [6, 6.07) is 8.32. The molecule has 2 aromatic rings. The molecule has 0 aliphatic carbocycles. The molecule has 1 aromatic carbocycles. The molecule has 0 fully saturated rings. The van der Waals surface area contributed by atoms with Gasteiger partial charge in [-0.25, -0.2) is 0 Å². The Morgan fingerprint density at radius 1 is 1.31 bits per heavy atom. The van der Waals surface area contributed by atoms with Crippen LogP contribution in [-0.4, -0.2) is 5.97 Å². The van der Waals surface area contributed by atoms with Crippen LogP contribution in [0.25, 0.3) is 11.3 Å². The predicted octanol–water partition coefficient (Wildman–Crippen LogP) is 2.57. The lowest BCUT2D eigenvalue weighted by Crippen LogP contribution is -2.21. The molecule has 0 saturated carbocycles. The van der Waals surface area contributed by atoms with Crippen molar-refractivity contribution in [1.29, 1.82) is 0 Å². The molecule has 0 N–H and O–H groups in total. The molecule has 0 atom stereocenters. The second kappa shape index (κ2) is 4.47. The maximum absolute atomic E-state index is 10.5. The number of aromatic carboxylic acids is 1. The Hall–Kier alpha value is -1.01. The quantitative estimate of drug-likeness (QED) is 0.785. The van der Waals surface area contributed by atoms with Gasteiger partial charge in [-0.3, -0.25) is 0 Å². The Labute approximate surface area is 110 Å². The molecular weight excluding hydrogens is 342 g/mol. The monoisotopic (exact) mass is 347 g/mol. The molecule has 0 radical (unpaired) electrons. The number of furan rings is 1. The number of carboxylic acids is 1. The number of halogens is 2. The topological polar surface area (TPSA) is 53.3 Å². The first kappa shape index (κ1) is 11.5. The first-order valence-electron chi connectivity index (χ1n) is 4.34. The fourth-order valence-electron chi connectivity index (χ4n) is 1.28. The van der Waals surface area contributed by atoms with Gasteiger partial charge in [-0.2, -0.15) is 0 Å². The van der Waals surface area contributed by atoms with Crippen molar-refractivity contribution in [3.05, 3.63) is 44.7 Å². The Morgan fingerprint density at radius 2 is 2.06 bits per heavy atom. The first-order valence-corrected chi connectivity index (χ1v) is 5.80. The number of benzene rings is 1. The molecule has 5 heteroatoms. The molecule has 0 bridgehead atoms.